The van der Waals surface area contributed by atoms with Gasteiger partial charge in [-0.25, -0.2) is 4.79 Å². The third kappa shape index (κ3) is 9.29. The Morgan fingerprint density at radius 1 is 1.05 bits per heavy atom. The number of phenolic OH excluding ortho intramolecular Hbond substituents is 1. The monoisotopic (exact) mass is 509 g/mol. The van der Waals surface area contributed by atoms with Crippen LogP contribution in [0.5, 0.6) is 5.75 Å². The first kappa shape index (κ1) is 29.4. The molecule has 0 bridgehead atoms. The van der Waals surface area contributed by atoms with Gasteiger partial charge < -0.3 is 25.4 Å². The van der Waals surface area contributed by atoms with Gasteiger partial charge in [-0.3, -0.25) is 9.59 Å². The molecule has 8 nitrogen and oxygen atoms in total. The summed E-state index contributed by atoms with van der Waals surface area (Å²) in [5.74, 6) is -1.02. The maximum atomic E-state index is 13.9. The first-order valence-corrected chi connectivity index (χ1v) is 12.4. The van der Waals surface area contributed by atoms with Crippen LogP contribution in [0.15, 0.2) is 67.3 Å². The fourth-order valence-electron chi connectivity index (χ4n) is 3.86. The molecule has 0 heterocycles. The molecule has 0 aromatic heterocycles. The zero-order valence-corrected chi connectivity index (χ0v) is 22.4. The van der Waals surface area contributed by atoms with Crippen molar-refractivity contribution in [2.45, 2.75) is 65.3 Å². The van der Waals surface area contributed by atoms with Gasteiger partial charge >= 0.3 is 6.09 Å². The van der Waals surface area contributed by atoms with Crippen LogP contribution in [0, 0.1) is 5.92 Å². The van der Waals surface area contributed by atoms with E-state index in [0.29, 0.717) is 6.42 Å². The number of amides is 3. The molecule has 0 fully saturated rings. The van der Waals surface area contributed by atoms with E-state index in [9.17, 15) is 19.5 Å². The second-order valence-corrected chi connectivity index (χ2v) is 10.3. The molecule has 3 N–H and O–H groups in total. The van der Waals surface area contributed by atoms with Crippen molar-refractivity contribution in [3.8, 4) is 5.75 Å². The molecule has 0 radical (unpaired) electrons. The Morgan fingerprint density at radius 2 is 1.68 bits per heavy atom. The lowest BCUT2D eigenvalue weighted by molar-refractivity contribution is -0.142. The highest BCUT2D eigenvalue weighted by Crippen LogP contribution is 2.30. The molecule has 2 atom stereocenters. The van der Waals surface area contributed by atoms with Gasteiger partial charge in [0.05, 0.1) is 0 Å². The lowest BCUT2D eigenvalue weighted by Crippen LogP contribution is -2.53. The van der Waals surface area contributed by atoms with Crippen LogP contribution in [0.25, 0.3) is 0 Å². The van der Waals surface area contributed by atoms with Crippen LogP contribution in [0.1, 0.15) is 58.2 Å². The number of nitrogens with zero attached hydrogens (tertiary/aromatic N) is 1. The van der Waals surface area contributed by atoms with Gasteiger partial charge in [-0.2, -0.15) is 0 Å². The van der Waals surface area contributed by atoms with Gasteiger partial charge in [0.25, 0.3) is 0 Å². The van der Waals surface area contributed by atoms with Gasteiger partial charge in [-0.15, -0.1) is 6.58 Å². The van der Waals surface area contributed by atoms with Gasteiger partial charge in [0.2, 0.25) is 11.8 Å². The SMILES string of the molecule is C=CCN(C(=O)C(CC(C)C)NC(=O)OC(C)(C)C)C(C(=O)NCc1ccccc1)c1ccccc1O. The van der Waals surface area contributed by atoms with E-state index in [2.05, 4.69) is 17.2 Å². The Morgan fingerprint density at radius 3 is 2.24 bits per heavy atom. The Hall–Kier alpha value is -3.81. The molecule has 2 rings (SSSR count). The number of rotatable bonds is 11. The van der Waals surface area contributed by atoms with E-state index in [1.807, 2.05) is 44.2 Å². The van der Waals surface area contributed by atoms with Crippen LogP contribution >= 0.6 is 0 Å². The standard InChI is InChI=1S/C29H39N3O5/c1-7-17-32(27(35)23(18-20(2)3)31-28(36)37-29(4,5)6)25(22-15-11-12-16-24(22)33)26(34)30-19-21-13-9-8-10-14-21/h7-16,20,23,25,33H,1,17-19H2,2-6H3,(H,30,34)(H,31,36). The van der Waals surface area contributed by atoms with Crippen molar-refractivity contribution in [1.82, 2.24) is 15.5 Å². The molecule has 0 aliphatic carbocycles. The van der Waals surface area contributed by atoms with E-state index >= 15 is 0 Å². The van der Waals surface area contributed by atoms with Gasteiger partial charge in [-0.1, -0.05) is 68.5 Å². The van der Waals surface area contributed by atoms with Crippen molar-refractivity contribution in [2.75, 3.05) is 6.54 Å². The van der Waals surface area contributed by atoms with Gasteiger partial charge in [0.15, 0.2) is 0 Å². The highest BCUT2D eigenvalue weighted by atomic mass is 16.6. The molecule has 0 aliphatic heterocycles. The molecule has 0 spiro atoms. The molecule has 3 amide bonds. The number of carbonyl (C=O) groups excluding carboxylic acids is 3. The van der Waals surface area contributed by atoms with E-state index in [0.717, 1.165) is 5.56 Å². The zero-order valence-electron chi connectivity index (χ0n) is 22.4. The number of para-hydroxylation sites is 1. The summed E-state index contributed by atoms with van der Waals surface area (Å²) in [5.41, 5.74) is 0.410. The van der Waals surface area contributed by atoms with Crippen molar-refractivity contribution in [3.63, 3.8) is 0 Å². The van der Waals surface area contributed by atoms with Crippen molar-refractivity contribution in [2.24, 2.45) is 5.92 Å². The highest BCUT2D eigenvalue weighted by Gasteiger charge is 2.37. The van der Waals surface area contributed by atoms with Crippen LogP contribution in [0.3, 0.4) is 0 Å². The molecule has 0 saturated carbocycles. The van der Waals surface area contributed by atoms with Crippen LogP contribution in [-0.4, -0.2) is 46.1 Å². The molecule has 2 unspecified atom stereocenters. The third-order valence-corrected chi connectivity index (χ3v) is 5.41. The van der Waals surface area contributed by atoms with Crippen molar-refractivity contribution in [3.05, 3.63) is 78.4 Å². The average Bonchev–Trinajstić information content (AvgIpc) is 2.82. The van der Waals surface area contributed by atoms with Crippen molar-refractivity contribution >= 4 is 17.9 Å². The molecule has 0 aliphatic rings. The summed E-state index contributed by atoms with van der Waals surface area (Å²) >= 11 is 0. The quantitative estimate of drug-likeness (QED) is 0.381. The molecular formula is C29H39N3O5. The molecule has 37 heavy (non-hydrogen) atoms. The lowest BCUT2D eigenvalue weighted by Gasteiger charge is -2.34. The van der Waals surface area contributed by atoms with Gasteiger partial charge in [0, 0.05) is 18.7 Å². The minimum absolute atomic E-state index is 0.0151. The number of ether oxygens (including phenoxy) is 1. The smallest absolute Gasteiger partial charge is 0.408 e. The number of benzene rings is 2. The highest BCUT2D eigenvalue weighted by molar-refractivity contribution is 5.92. The number of carbonyl (C=O) groups is 3. The number of nitrogens with one attached hydrogen (secondary N) is 2. The predicted molar refractivity (Wildman–Crippen MR) is 144 cm³/mol. The molecule has 200 valence electrons. The maximum Gasteiger partial charge on any atom is 0.408 e. The number of hydrogen-bond acceptors (Lipinski definition) is 5. The van der Waals surface area contributed by atoms with Crippen LogP contribution in [-0.2, 0) is 20.9 Å². The van der Waals surface area contributed by atoms with E-state index in [4.69, 9.17) is 4.74 Å². The molecule has 2 aromatic carbocycles. The Kier molecular flexibility index (Phi) is 10.7. The Bertz CT molecular complexity index is 1060. The Labute approximate surface area is 219 Å². The minimum atomic E-state index is -1.16. The molecule has 0 saturated heterocycles. The summed E-state index contributed by atoms with van der Waals surface area (Å²) < 4.78 is 5.38. The first-order valence-electron chi connectivity index (χ1n) is 12.4. The summed E-state index contributed by atoms with van der Waals surface area (Å²) in [6.07, 6.45) is 1.11. The largest absolute Gasteiger partial charge is 0.508 e. The maximum absolute atomic E-state index is 13.9. The van der Waals surface area contributed by atoms with E-state index in [1.165, 1.54) is 17.0 Å². The number of alkyl carbamates (subject to hydrolysis) is 1. The Balaban J connectivity index is 2.44. The first-order chi connectivity index (χ1) is 17.4. The van der Waals surface area contributed by atoms with Gasteiger partial charge in [0.1, 0.15) is 23.4 Å². The van der Waals surface area contributed by atoms with E-state index in [1.54, 1.807) is 39.0 Å². The summed E-state index contributed by atoms with van der Waals surface area (Å²) in [5, 5.41) is 16.2. The molecule has 2 aromatic rings. The topological polar surface area (TPSA) is 108 Å². The predicted octanol–water partition coefficient (Wildman–Crippen LogP) is 4.70. The normalized spacial score (nSPS) is 12.8. The lowest BCUT2D eigenvalue weighted by atomic mass is 9.98. The van der Waals surface area contributed by atoms with Crippen molar-refractivity contribution < 1.29 is 24.2 Å². The zero-order chi connectivity index (χ0) is 27.6. The minimum Gasteiger partial charge on any atom is -0.508 e. The van der Waals surface area contributed by atoms with E-state index < -0.39 is 35.6 Å². The van der Waals surface area contributed by atoms with Crippen LogP contribution < -0.4 is 10.6 Å². The molecule has 8 heteroatoms. The number of aromatic hydroxyl groups is 1. The second kappa shape index (κ2) is 13.5. The summed E-state index contributed by atoms with van der Waals surface area (Å²) in [7, 11) is 0. The van der Waals surface area contributed by atoms with Crippen LogP contribution in [0.2, 0.25) is 0 Å². The summed E-state index contributed by atoms with van der Waals surface area (Å²) in [4.78, 5) is 41.4. The average molecular weight is 510 g/mol. The third-order valence-electron chi connectivity index (χ3n) is 5.41. The second-order valence-electron chi connectivity index (χ2n) is 10.3. The van der Waals surface area contributed by atoms with Crippen molar-refractivity contribution in [1.29, 1.82) is 0 Å². The number of phenols is 1. The molecular weight excluding hydrogens is 470 g/mol. The van der Waals surface area contributed by atoms with E-state index in [-0.39, 0.29) is 30.3 Å². The van der Waals surface area contributed by atoms with Crippen LogP contribution in [0.4, 0.5) is 4.79 Å². The summed E-state index contributed by atoms with van der Waals surface area (Å²) in [6, 6.07) is 13.7. The van der Waals surface area contributed by atoms with Gasteiger partial charge in [-0.05, 0) is 44.7 Å². The number of hydrogen-bond donors (Lipinski definition) is 3. The fraction of sp³-hybridized carbons (Fsp3) is 0.414. The fourth-order valence-corrected chi connectivity index (χ4v) is 3.86. The summed E-state index contributed by atoms with van der Waals surface area (Å²) in [6.45, 7) is 13.1.